The lowest BCUT2D eigenvalue weighted by Crippen LogP contribution is -2.68. The molecule has 2 heterocycles. The molecule has 0 bridgehead atoms. The zero-order valence-corrected chi connectivity index (χ0v) is 96.2. The summed E-state index contributed by atoms with van der Waals surface area (Å²) < 4.78 is 89.9. The Bertz CT molecular complexity index is 3180. The van der Waals surface area contributed by atoms with Gasteiger partial charge < -0.3 is 78.5 Å². The first-order chi connectivity index (χ1) is 70.8. The summed E-state index contributed by atoms with van der Waals surface area (Å²) in [7, 11) is -10.4. The molecule has 860 valence electrons. The summed E-state index contributed by atoms with van der Waals surface area (Å²) in [4.78, 5) is 121. The highest BCUT2D eigenvalue weighted by atomic mass is 31.2. The molecule has 15 atom stereocenters. The third-order valence-corrected chi connectivity index (χ3v) is 30.3. The van der Waals surface area contributed by atoms with Gasteiger partial charge in [-0.15, -0.1) is 0 Å². The molecule has 2 amide bonds. The van der Waals surface area contributed by atoms with Gasteiger partial charge in [-0.2, -0.15) is 0 Å². The number of ether oxygens (including phenoxy) is 8. The summed E-state index contributed by atoms with van der Waals surface area (Å²) >= 11 is 0. The number of carbonyl (C=O) groups excluding carboxylic acids is 6. The van der Waals surface area contributed by atoms with Crippen LogP contribution >= 0.6 is 15.4 Å². The molecule has 2 aliphatic heterocycles. The van der Waals surface area contributed by atoms with Gasteiger partial charge in [0.1, 0.15) is 48.7 Å². The molecule has 0 aromatic rings. The van der Waals surface area contributed by atoms with E-state index >= 15 is 14.4 Å². The van der Waals surface area contributed by atoms with Gasteiger partial charge in [0.05, 0.1) is 51.1 Å². The summed E-state index contributed by atoms with van der Waals surface area (Å²) in [5, 5.41) is 41.7. The van der Waals surface area contributed by atoms with Gasteiger partial charge >= 0.3 is 39.3 Å². The largest absolute Gasteiger partial charge is 0.470 e. The van der Waals surface area contributed by atoms with Crippen molar-refractivity contribution >= 4 is 51.1 Å². The molecule has 0 saturated carbocycles. The van der Waals surface area contributed by atoms with Gasteiger partial charge in [0.25, 0.3) is 0 Å². The van der Waals surface area contributed by atoms with Crippen LogP contribution in [-0.2, 0) is 84.8 Å². The quantitative estimate of drug-likeness (QED) is 0.00922. The van der Waals surface area contributed by atoms with Gasteiger partial charge in [-0.3, -0.25) is 42.4 Å². The molecular weight excluding hydrogens is 1890 g/mol. The summed E-state index contributed by atoms with van der Waals surface area (Å²) in [6, 6.07) is -3.61. The highest BCUT2D eigenvalue weighted by Gasteiger charge is 2.55. The average Bonchev–Trinajstić information content (AvgIpc) is 0.773. The van der Waals surface area contributed by atoms with Gasteiger partial charge in [0.15, 0.2) is 24.8 Å². The molecule has 0 spiro atoms. The number of hydrogen-bond donors (Lipinski definition) is 8. The fourth-order valence-corrected chi connectivity index (χ4v) is 21.4. The lowest BCUT2D eigenvalue weighted by atomic mass is 9.95. The summed E-state index contributed by atoms with van der Waals surface area (Å²) in [6.07, 6.45) is 65.2. The molecule has 0 aromatic carbocycles. The number of aliphatic hydroxyl groups excluding tert-OH is 3. The Hall–Kier alpha value is -3.46. The van der Waals surface area contributed by atoms with Crippen LogP contribution in [0.15, 0.2) is 12.2 Å². The van der Waals surface area contributed by atoms with Crippen LogP contribution in [0.1, 0.15) is 594 Å². The first-order valence-electron chi connectivity index (χ1n) is 61.1. The summed E-state index contributed by atoms with van der Waals surface area (Å²) in [5.41, 5.74) is 0. The second kappa shape index (κ2) is 96.1. The van der Waals surface area contributed by atoms with E-state index < -0.39 is 169 Å². The summed E-state index contributed by atoms with van der Waals surface area (Å²) in [6.45, 7) is 14.7. The molecule has 2 fully saturated rings. The van der Waals surface area contributed by atoms with Crippen molar-refractivity contribution in [2.24, 2.45) is 0 Å². The van der Waals surface area contributed by atoms with Crippen molar-refractivity contribution in [2.75, 3.05) is 26.5 Å². The van der Waals surface area contributed by atoms with Crippen LogP contribution in [0.5, 0.6) is 0 Å². The minimum absolute atomic E-state index is 0.107. The SMILES string of the molecule is CCCCCC/C=C\CCCCCCCCOC(CCCCCCCCCCC)CC(=O)NC1[C@H](OCC2OC(OP(C)(=O)O)C(NC(=O)CC(CCCCCCCCCCC)OC(=O)CCCCCCCCCCCCCCC)[C@@H](OC(=O)CC(O)CCCCCCCCCCC)[C@@H]2O)OC(CO)[C@@H](OP(=O)(O)O)[C@@H]1OC(=O)CC(CCCCCCCCCCC)OC(=O)CCCCCCCCCCCCCCCC. The van der Waals surface area contributed by atoms with Crippen molar-refractivity contribution in [1.82, 2.24) is 10.6 Å². The molecule has 0 aromatic heterocycles. The number of rotatable bonds is 106. The number of carbonyl (C=O) groups is 6. The Balaban J connectivity index is 2.90. The van der Waals surface area contributed by atoms with Crippen LogP contribution in [0.3, 0.4) is 0 Å². The van der Waals surface area contributed by atoms with Crippen molar-refractivity contribution in [3.8, 4) is 0 Å². The van der Waals surface area contributed by atoms with Gasteiger partial charge in [-0.1, -0.05) is 484 Å². The third kappa shape index (κ3) is 79.5. The number of amides is 2. The van der Waals surface area contributed by atoms with E-state index in [1.54, 1.807) is 0 Å². The van der Waals surface area contributed by atoms with E-state index in [0.29, 0.717) is 51.6 Å². The lowest BCUT2D eigenvalue weighted by molar-refractivity contribution is -0.296. The van der Waals surface area contributed by atoms with Crippen molar-refractivity contribution in [3.63, 3.8) is 0 Å². The van der Waals surface area contributed by atoms with Crippen LogP contribution in [0.25, 0.3) is 0 Å². The van der Waals surface area contributed by atoms with Crippen LogP contribution in [-0.4, -0.2) is 178 Å². The van der Waals surface area contributed by atoms with E-state index in [1.807, 2.05) is 0 Å². The maximum Gasteiger partial charge on any atom is 0.470 e. The van der Waals surface area contributed by atoms with Crippen LogP contribution < -0.4 is 10.6 Å². The topological polar surface area (TPSA) is 374 Å². The standard InChI is InChI=1S/C118H224N2O24P2/c1-9-16-23-30-37-44-47-50-53-56-63-70-77-84-91-108(126)138-102(89-82-75-68-61-43-36-29-22-15-7)96-110(128)142-116-112(120-105(123)94-100(87-80-73-66-59-41-34-27-20-13-5)135-92-85-78-71-64-57-54-51-48-45-38-31-24-17-10-2)117(139-103(97-121)114(116)143-146(132,133)134)136-98-104-113(129)115(141-109(127)93-99(122)86-79-72-65-58-40-33-26-19-12-4)111(118(140-104)144-145(8,130)131)119-106(124)95-101(88-81-74-67-60-42-35-28-21-14-6)137-107(125)90-83-76-69-62-55-52-49-46-39-32-25-18-11-3/h45,48,99-104,111-118,121-122,129H,9-44,46-47,49-98H2,1-8H3,(H,119,124)(H,120,123)(H,130,131)(H2,132,133,134)/b48-45-/t99?,100?,101?,102?,103?,104?,111?,112?,113-,114-,115-,116-,117-,118?/m1/s1. The number of unbranched alkanes of at least 4 members (excludes halogenated alkanes) is 67. The zero-order valence-electron chi connectivity index (χ0n) is 94.4. The van der Waals surface area contributed by atoms with Crippen molar-refractivity contribution < 1.29 is 115 Å². The molecule has 146 heavy (non-hydrogen) atoms. The third-order valence-electron chi connectivity index (χ3n) is 29.2. The molecule has 10 unspecified atom stereocenters. The number of esters is 4. The fraction of sp³-hybridized carbons (Fsp3) is 0.932. The maximum absolute atomic E-state index is 15.5. The fourth-order valence-electron chi connectivity index (χ4n) is 20.3. The van der Waals surface area contributed by atoms with Gasteiger partial charge in [-0.05, 0) is 83.5 Å². The molecular formula is C118H224N2O24P2. The highest BCUT2D eigenvalue weighted by molar-refractivity contribution is 7.51. The van der Waals surface area contributed by atoms with E-state index in [9.17, 15) is 53.5 Å². The van der Waals surface area contributed by atoms with Gasteiger partial charge in [0.2, 0.25) is 11.8 Å². The summed E-state index contributed by atoms with van der Waals surface area (Å²) in [5.74, 6) is -4.49. The monoisotopic (exact) mass is 2120 g/mol. The molecule has 2 rings (SSSR count). The smallest absolute Gasteiger partial charge is 0.462 e. The molecule has 28 heteroatoms. The van der Waals surface area contributed by atoms with E-state index in [1.165, 1.54) is 180 Å². The van der Waals surface area contributed by atoms with Crippen molar-refractivity contribution in [2.45, 2.75) is 680 Å². The molecule has 26 nitrogen and oxygen atoms in total. The molecule has 2 aliphatic rings. The minimum atomic E-state index is -5.66. The number of phosphoric ester groups is 1. The highest BCUT2D eigenvalue weighted by Crippen LogP contribution is 2.45. The predicted octanol–water partition coefficient (Wildman–Crippen LogP) is 30.3. The Morgan fingerprint density at radius 3 is 0.986 bits per heavy atom. The number of nitrogens with one attached hydrogen (secondary N) is 2. The first kappa shape index (κ1) is 139. The number of phosphoric acid groups is 1. The Labute approximate surface area is 890 Å². The van der Waals surface area contributed by atoms with E-state index in [4.69, 9.17) is 46.9 Å². The molecule has 0 aliphatic carbocycles. The Morgan fingerprint density at radius 1 is 0.329 bits per heavy atom. The normalized spacial score (nSPS) is 19.4. The Kier molecular flexibility index (Phi) is 91.2. The van der Waals surface area contributed by atoms with E-state index in [2.05, 4.69) is 71.3 Å². The van der Waals surface area contributed by atoms with Crippen molar-refractivity contribution in [3.05, 3.63) is 12.2 Å². The predicted molar refractivity (Wildman–Crippen MR) is 591 cm³/mol. The van der Waals surface area contributed by atoms with Gasteiger partial charge in [0, 0.05) is 26.1 Å². The van der Waals surface area contributed by atoms with Crippen LogP contribution in [0, 0.1) is 0 Å². The van der Waals surface area contributed by atoms with Crippen LogP contribution in [0.4, 0.5) is 0 Å². The molecule has 0 radical (unpaired) electrons. The first-order valence-corrected chi connectivity index (χ1v) is 64.7. The molecule has 8 N–H and O–H groups in total. The van der Waals surface area contributed by atoms with Crippen LogP contribution in [0.2, 0.25) is 0 Å². The second-order valence-corrected chi connectivity index (χ2v) is 46.4. The number of allylic oxidation sites excluding steroid dienone is 2. The molecule has 2 saturated heterocycles. The van der Waals surface area contributed by atoms with Crippen molar-refractivity contribution in [1.29, 1.82) is 0 Å². The lowest BCUT2D eigenvalue weighted by Gasteiger charge is -2.47. The second-order valence-electron chi connectivity index (χ2n) is 43.4. The average molecular weight is 2120 g/mol. The van der Waals surface area contributed by atoms with Gasteiger partial charge in [-0.25, -0.2) is 4.57 Å². The Morgan fingerprint density at radius 2 is 0.623 bits per heavy atom. The van der Waals surface area contributed by atoms with E-state index in [0.717, 1.165) is 276 Å². The minimum Gasteiger partial charge on any atom is -0.462 e. The number of aliphatic hydroxyl groups is 3. The van der Waals surface area contributed by atoms with E-state index in [-0.39, 0.29) is 32.1 Å². The zero-order chi connectivity index (χ0) is 107. The number of hydrogen-bond acceptors (Lipinski definition) is 21. The maximum atomic E-state index is 15.5.